The van der Waals surface area contributed by atoms with Gasteiger partial charge in [0.2, 0.25) is 5.95 Å². The van der Waals surface area contributed by atoms with Crippen LogP contribution in [0.3, 0.4) is 0 Å². The van der Waals surface area contributed by atoms with Crippen LogP contribution in [0.5, 0.6) is 0 Å². The number of nitrogens with one attached hydrogen (secondary N) is 1. The summed E-state index contributed by atoms with van der Waals surface area (Å²) >= 11 is 0. The Balaban J connectivity index is 1.58. The first-order valence-electron chi connectivity index (χ1n) is 8.23. The van der Waals surface area contributed by atoms with Crippen LogP contribution in [0.15, 0.2) is 0 Å². The molecule has 1 aromatic rings. The fourth-order valence-electron chi connectivity index (χ4n) is 3.55. The number of hydrogen-bond acceptors (Lipinski definition) is 4. The highest BCUT2D eigenvalue weighted by molar-refractivity contribution is 5.30. The highest BCUT2D eigenvalue weighted by Gasteiger charge is 2.21. The molecule has 0 bridgehead atoms. The Labute approximate surface area is 121 Å². The maximum atomic E-state index is 6.03. The van der Waals surface area contributed by atoms with Crippen LogP contribution in [-0.2, 0) is 6.42 Å². The molecule has 0 aromatic carbocycles. The molecule has 20 heavy (non-hydrogen) atoms. The standard InChI is InChI=1S/C15H27N5/c16-13-8-5-9-20(11-13)15-17-14(18-19-15)10-12-6-3-1-2-4-7-12/h12-13H,1-11,16H2,(H,17,18,19). The van der Waals surface area contributed by atoms with Gasteiger partial charge in [-0.3, -0.25) is 5.10 Å². The molecule has 0 spiro atoms. The topological polar surface area (TPSA) is 70.8 Å². The summed E-state index contributed by atoms with van der Waals surface area (Å²) < 4.78 is 0. The summed E-state index contributed by atoms with van der Waals surface area (Å²) in [7, 11) is 0. The molecule has 1 aliphatic carbocycles. The van der Waals surface area contributed by atoms with Crippen molar-refractivity contribution in [2.24, 2.45) is 11.7 Å². The van der Waals surface area contributed by atoms with Crippen LogP contribution in [0, 0.1) is 5.92 Å². The number of H-pyrrole nitrogens is 1. The van der Waals surface area contributed by atoms with Gasteiger partial charge in [0.1, 0.15) is 5.82 Å². The van der Waals surface area contributed by atoms with E-state index < -0.39 is 0 Å². The molecular formula is C15H27N5. The monoisotopic (exact) mass is 277 g/mol. The van der Waals surface area contributed by atoms with Crippen molar-refractivity contribution >= 4 is 5.95 Å². The van der Waals surface area contributed by atoms with Crippen molar-refractivity contribution < 1.29 is 0 Å². The number of nitrogens with zero attached hydrogens (tertiary/aromatic N) is 3. The second kappa shape index (κ2) is 6.57. The van der Waals surface area contributed by atoms with Crippen LogP contribution in [-0.4, -0.2) is 34.3 Å². The number of aromatic nitrogens is 3. The van der Waals surface area contributed by atoms with Crippen molar-refractivity contribution in [2.45, 2.75) is 63.8 Å². The summed E-state index contributed by atoms with van der Waals surface area (Å²) in [6.45, 7) is 1.93. The molecule has 1 unspecified atom stereocenters. The first-order valence-corrected chi connectivity index (χ1v) is 8.23. The lowest BCUT2D eigenvalue weighted by Crippen LogP contribution is -2.43. The van der Waals surface area contributed by atoms with Gasteiger partial charge in [0.15, 0.2) is 0 Å². The van der Waals surface area contributed by atoms with Gasteiger partial charge in [-0.15, -0.1) is 5.10 Å². The molecule has 0 radical (unpaired) electrons. The highest BCUT2D eigenvalue weighted by atomic mass is 15.4. The maximum Gasteiger partial charge on any atom is 0.244 e. The van der Waals surface area contributed by atoms with Crippen LogP contribution < -0.4 is 10.6 Å². The number of anilines is 1. The highest BCUT2D eigenvalue weighted by Crippen LogP contribution is 2.25. The van der Waals surface area contributed by atoms with Crippen LogP contribution >= 0.6 is 0 Å². The molecule has 1 saturated carbocycles. The van der Waals surface area contributed by atoms with Crippen LogP contribution in [0.25, 0.3) is 0 Å². The van der Waals surface area contributed by atoms with Gasteiger partial charge < -0.3 is 10.6 Å². The van der Waals surface area contributed by atoms with E-state index in [2.05, 4.69) is 15.1 Å². The Hall–Kier alpha value is -1.10. The molecule has 5 nitrogen and oxygen atoms in total. The molecule has 2 heterocycles. The largest absolute Gasteiger partial charge is 0.338 e. The zero-order chi connectivity index (χ0) is 13.8. The summed E-state index contributed by atoms with van der Waals surface area (Å²) in [6, 6.07) is 0.271. The minimum Gasteiger partial charge on any atom is -0.338 e. The summed E-state index contributed by atoms with van der Waals surface area (Å²) in [5.74, 6) is 2.71. The van der Waals surface area contributed by atoms with E-state index in [-0.39, 0.29) is 6.04 Å². The number of rotatable bonds is 3. The van der Waals surface area contributed by atoms with Gasteiger partial charge in [-0.2, -0.15) is 4.98 Å². The lowest BCUT2D eigenvalue weighted by Gasteiger charge is -2.29. The van der Waals surface area contributed by atoms with Crippen LogP contribution in [0.4, 0.5) is 5.95 Å². The minimum absolute atomic E-state index is 0.271. The molecule has 0 amide bonds. The second-order valence-corrected chi connectivity index (χ2v) is 6.49. The molecule has 112 valence electrons. The Kier molecular flexibility index (Phi) is 4.55. The summed E-state index contributed by atoms with van der Waals surface area (Å²) in [6.07, 6.45) is 11.6. The van der Waals surface area contributed by atoms with E-state index in [4.69, 9.17) is 10.7 Å². The van der Waals surface area contributed by atoms with Crippen LogP contribution in [0.2, 0.25) is 0 Å². The predicted octanol–water partition coefficient (Wildman–Crippen LogP) is 2.25. The van der Waals surface area contributed by atoms with E-state index >= 15 is 0 Å². The van der Waals surface area contributed by atoms with E-state index in [1.165, 1.54) is 38.5 Å². The van der Waals surface area contributed by atoms with E-state index in [1.807, 2.05) is 0 Å². The van der Waals surface area contributed by atoms with Gasteiger partial charge in [-0.1, -0.05) is 38.5 Å². The van der Waals surface area contributed by atoms with Crippen LogP contribution in [0.1, 0.15) is 57.2 Å². The van der Waals surface area contributed by atoms with Gasteiger partial charge >= 0.3 is 0 Å². The van der Waals surface area contributed by atoms with Crippen molar-refractivity contribution in [3.8, 4) is 0 Å². The lowest BCUT2D eigenvalue weighted by atomic mass is 9.96. The van der Waals surface area contributed by atoms with E-state index in [1.54, 1.807) is 0 Å². The first kappa shape index (κ1) is 13.9. The van der Waals surface area contributed by atoms with E-state index in [0.717, 1.165) is 50.0 Å². The SMILES string of the molecule is NC1CCCN(c2n[nH]c(CC3CCCCCC3)n2)C1. The zero-order valence-electron chi connectivity index (χ0n) is 12.4. The average Bonchev–Trinajstić information content (AvgIpc) is 2.75. The number of aromatic amines is 1. The molecule has 1 aromatic heterocycles. The summed E-state index contributed by atoms with van der Waals surface area (Å²) in [5.41, 5.74) is 6.03. The van der Waals surface area contributed by atoms with E-state index in [9.17, 15) is 0 Å². The van der Waals surface area contributed by atoms with Gasteiger partial charge in [-0.05, 0) is 18.8 Å². The summed E-state index contributed by atoms with van der Waals surface area (Å²) in [5, 5.41) is 7.54. The smallest absolute Gasteiger partial charge is 0.244 e. The third-order valence-electron chi connectivity index (χ3n) is 4.72. The molecule has 2 aliphatic rings. The Bertz CT molecular complexity index is 408. The van der Waals surface area contributed by atoms with Gasteiger partial charge in [0, 0.05) is 25.6 Å². The minimum atomic E-state index is 0.271. The van der Waals surface area contributed by atoms with Crippen molar-refractivity contribution in [1.82, 2.24) is 15.2 Å². The third-order valence-corrected chi connectivity index (χ3v) is 4.72. The predicted molar refractivity (Wildman–Crippen MR) is 80.7 cm³/mol. The molecule has 1 saturated heterocycles. The van der Waals surface area contributed by atoms with Gasteiger partial charge in [0.05, 0.1) is 0 Å². The lowest BCUT2D eigenvalue weighted by molar-refractivity contribution is 0.448. The fraction of sp³-hybridized carbons (Fsp3) is 0.867. The molecule has 3 N–H and O–H groups in total. The van der Waals surface area contributed by atoms with Gasteiger partial charge in [0.25, 0.3) is 0 Å². The van der Waals surface area contributed by atoms with Crippen molar-refractivity contribution in [1.29, 1.82) is 0 Å². The molecule has 1 aliphatic heterocycles. The molecule has 1 atom stereocenters. The van der Waals surface area contributed by atoms with Gasteiger partial charge in [-0.25, -0.2) is 0 Å². The van der Waals surface area contributed by atoms with Crippen molar-refractivity contribution in [3.63, 3.8) is 0 Å². The Morgan fingerprint density at radius 3 is 2.65 bits per heavy atom. The Morgan fingerprint density at radius 2 is 1.90 bits per heavy atom. The quantitative estimate of drug-likeness (QED) is 0.831. The molecular weight excluding hydrogens is 250 g/mol. The molecule has 2 fully saturated rings. The first-order chi connectivity index (χ1) is 9.81. The number of piperidine rings is 1. The second-order valence-electron chi connectivity index (χ2n) is 6.49. The maximum absolute atomic E-state index is 6.03. The Morgan fingerprint density at radius 1 is 1.10 bits per heavy atom. The molecule has 3 rings (SSSR count). The summed E-state index contributed by atoms with van der Waals surface area (Å²) in [4.78, 5) is 6.92. The average molecular weight is 277 g/mol. The zero-order valence-corrected chi connectivity index (χ0v) is 12.4. The number of nitrogens with two attached hydrogens (primary N) is 1. The number of hydrogen-bond donors (Lipinski definition) is 2. The normalized spacial score (nSPS) is 25.6. The third kappa shape index (κ3) is 3.51. The fourth-order valence-corrected chi connectivity index (χ4v) is 3.55. The van der Waals surface area contributed by atoms with E-state index in [0.29, 0.717) is 0 Å². The molecule has 5 heteroatoms. The van der Waals surface area contributed by atoms with Crippen molar-refractivity contribution in [3.05, 3.63) is 5.82 Å². The van der Waals surface area contributed by atoms with Crippen molar-refractivity contribution in [2.75, 3.05) is 18.0 Å².